The highest BCUT2D eigenvalue weighted by Gasteiger charge is 2.25. The van der Waals surface area contributed by atoms with Gasteiger partial charge < -0.3 is 25.2 Å². The molecule has 28 heavy (non-hydrogen) atoms. The van der Waals surface area contributed by atoms with Crippen LogP contribution >= 0.6 is 24.0 Å². The smallest absolute Gasteiger partial charge is 0.243 e. The van der Waals surface area contributed by atoms with Crippen molar-refractivity contribution >= 4 is 41.8 Å². The van der Waals surface area contributed by atoms with E-state index >= 15 is 0 Å². The first-order chi connectivity index (χ1) is 12.9. The van der Waals surface area contributed by atoms with Crippen molar-refractivity contribution in [2.24, 2.45) is 10.9 Å². The minimum atomic E-state index is -0.0365. The van der Waals surface area contributed by atoms with E-state index in [1.165, 1.54) is 4.90 Å². The maximum atomic E-state index is 12.1. The first-order valence-corrected chi connectivity index (χ1v) is 10.0. The molecule has 2 aliphatic rings. The van der Waals surface area contributed by atoms with Gasteiger partial charge >= 0.3 is 0 Å². The van der Waals surface area contributed by atoms with E-state index in [4.69, 9.17) is 4.74 Å². The van der Waals surface area contributed by atoms with Gasteiger partial charge in [-0.3, -0.25) is 9.59 Å². The lowest BCUT2D eigenvalue weighted by molar-refractivity contribution is -0.135. The van der Waals surface area contributed by atoms with E-state index in [0.29, 0.717) is 12.5 Å². The molecule has 1 atom stereocenters. The molecule has 2 saturated heterocycles. The fourth-order valence-electron chi connectivity index (χ4n) is 3.26. The average molecular weight is 509 g/mol. The Morgan fingerprint density at radius 1 is 1.21 bits per heavy atom. The molecule has 2 heterocycles. The summed E-state index contributed by atoms with van der Waals surface area (Å²) in [5.74, 6) is 0.868. The Kier molecular flexibility index (Phi) is 11.1. The summed E-state index contributed by atoms with van der Waals surface area (Å²) in [5, 5.41) is 6.76. The Balaban J connectivity index is 0.00000392. The molecule has 0 bridgehead atoms. The lowest BCUT2D eigenvalue weighted by Crippen LogP contribution is -2.51. The number of carbonyl (C=O) groups excluding carboxylic acids is 2. The lowest BCUT2D eigenvalue weighted by atomic mass is 10.0. The van der Waals surface area contributed by atoms with Gasteiger partial charge in [-0.15, -0.1) is 24.0 Å². The van der Waals surface area contributed by atoms with Gasteiger partial charge in [0.15, 0.2) is 5.96 Å². The standard InChI is InChI=1S/C19H35N5O3.HI/c1-14(2)18(26)24-9-7-15(8-10-24)22-19(21-13-17(25)23(3)4)20-12-16-6-5-11-27-16;/h14-16H,5-13H2,1-4H3,(H2,20,21,22);1H. The van der Waals surface area contributed by atoms with Gasteiger partial charge in [-0.25, -0.2) is 4.99 Å². The summed E-state index contributed by atoms with van der Waals surface area (Å²) in [6.45, 7) is 7.00. The van der Waals surface area contributed by atoms with E-state index in [1.807, 2.05) is 18.7 Å². The number of guanidine groups is 1. The molecule has 2 aliphatic heterocycles. The molecular formula is C19H36IN5O3. The van der Waals surface area contributed by atoms with Crippen LogP contribution in [0.25, 0.3) is 0 Å². The van der Waals surface area contributed by atoms with Crippen molar-refractivity contribution in [3.8, 4) is 0 Å². The van der Waals surface area contributed by atoms with E-state index in [9.17, 15) is 9.59 Å². The third-order valence-corrected chi connectivity index (χ3v) is 5.03. The normalized spacial score (nSPS) is 20.7. The minimum Gasteiger partial charge on any atom is -0.376 e. The molecule has 162 valence electrons. The van der Waals surface area contributed by atoms with Crippen molar-refractivity contribution in [2.75, 3.05) is 46.9 Å². The number of nitrogens with zero attached hydrogens (tertiary/aromatic N) is 3. The predicted molar refractivity (Wildman–Crippen MR) is 121 cm³/mol. The molecule has 8 nitrogen and oxygen atoms in total. The maximum absolute atomic E-state index is 12.1. The summed E-state index contributed by atoms with van der Waals surface area (Å²) in [7, 11) is 3.46. The highest BCUT2D eigenvalue weighted by atomic mass is 127. The van der Waals surface area contributed by atoms with Crippen LogP contribution in [0, 0.1) is 5.92 Å². The van der Waals surface area contributed by atoms with Crippen LogP contribution in [-0.4, -0.2) is 86.6 Å². The highest BCUT2D eigenvalue weighted by molar-refractivity contribution is 14.0. The minimum absolute atomic E-state index is 0. The molecule has 2 fully saturated rings. The highest BCUT2D eigenvalue weighted by Crippen LogP contribution is 2.14. The van der Waals surface area contributed by atoms with E-state index in [2.05, 4.69) is 15.6 Å². The zero-order valence-corrected chi connectivity index (χ0v) is 19.9. The number of hydrogen-bond donors (Lipinski definition) is 2. The number of halogens is 1. The van der Waals surface area contributed by atoms with Gasteiger partial charge in [0.2, 0.25) is 11.8 Å². The van der Waals surface area contributed by atoms with E-state index in [0.717, 1.165) is 45.4 Å². The summed E-state index contributed by atoms with van der Waals surface area (Å²) in [6.07, 6.45) is 4.09. The lowest BCUT2D eigenvalue weighted by Gasteiger charge is -2.34. The number of nitrogens with one attached hydrogen (secondary N) is 2. The van der Waals surface area contributed by atoms with E-state index < -0.39 is 0 Å². The average Bonchev–Trinajstić information content (AvgIpc) is 3.17. The Morgan fingerprint density at radius 3 is 2.43 bits per heavy atom. The van der Waals surface area contributed by atoms with Gasteiger partial charge in [-0.05, 0) is 25.7 Å². The zero-order chi connectivity index (χ0) is 19.8. The Morgan fingerprint density at radius 2 is 1.89 bits per heavy atom. The first-order valence-electron chi connectivity index (χ1n) is 10.0. The van der Waals surface area contributed by atoms with Crippen molar-refractivity contribution < 1.29 is 14.3 Å². The Hall–Kier alpha value is -1.10. The van der Waals surface area contributed by atoms with Crippen molar-refractivity contribution in [1.82, 2.24) is 20.4 Å². The Bertz CT molecular complexity index is 528. The van der Waals surface area contributed by atoms with Gasteiger partial charge in [-0.1, -0.05) is 13.8 Å². The van der Waals surface area contributed by atoms with Crippen molar-refractivity contribution in [2.45, 2.75) is 51.7 Å². The van der Waals surface area contributed by atoms with Crippen LogP contribution < -0.4 is 10.6 Å². The molecule has 0 spiro atoms. The molecule has 2 rings (SSSR count). The van der Waals surface area contributed by atoms with Gasteiger partial charge in [-0.2, -0.15) is 0 Å². The summed E-state index contributed by atoms with van der Waals surface area (Å²) >= 11 is 0. The van der Waals surface area contributed by atoms with Crippen LogP contribution in [0.3, 0.4) is 0 Å². The topological polar surface area (TPSA) is 86.3 Å². The number of amides is 2. The van der Waals surface area contributed by atoms with Crippen LogP contribution in [-0.2, 0) is 14.3 Å². The molecular weight excluding hydrogens is 473 g/mol. The van der Waals surface area contributed by atoms with Gasteiger partial charge in [0.1, 0.15) is 6.54 Å². The van der Waals surface area contributed by atoms with Crippen LogP contribution in [0.15, 0.2) is 4.99 Å². The fraction of sp³-hybridized carbons (Fsp3) is 0.842. The fourth-order valence-corrected chi connectivity index (χ4v) is 3.26. The van der Waals surface area contributed by atoms with Crippen molar-refractivity contribution in [1.29, 1.82) is 0 Å². The molecule has 0 aromatic carbocycles. The maximum Gasteiger partial charge on any atom is 0.243 e. The Labute approximate surface area is 185 Å². The molecule has 0 aliphatic carbocycles. The second-order valence-electron chi connectivity index (χ2n) is 7.87. The predicted octanol–water partition coefficient (Wildman–Crippen LogP) is 1.05. The number of hydrogen-bond acceptors (Lipinski definition) is 4. The summed E-state index contributed by atoms with van der Waals surface area (Å²) in [5.41, 5.74) is 0. The number of ether oxygens (including phenoxy) is 1. The number of likely N-dealkylation sites (N-methyl/N-ethyl adjacent to an activating group) is 1. The van der Waals surface area contributed by atoms with E-state index in [-0.39, 0.29) is 60.4 Å². The monoisotopic (exact) mass is 509 g/mol. The van der Waals surface area contributed by atoms with Crippen molar-refractivity contribution in [3.05, 3.63) is 0 Å². The zero-order valence-electron chi connectivity index (χ0n) is 17.6. The SMILES string of the molecule is CC(C)C(=O)N1CCC(NC(=NCC(=O)N(C)C)NCC2CCCO2)CC1.I. The molecule has 0 saturated carbocycles. The molecule has 1 unspecified atom stereocenters. The molecule has 9 heteroatoms. The van der Waals surface area contributed by atoms with Crippen LogP contribution in [0.5, 0.6) is 0 Å². The van der Waals surface area contributed by atoms with Crippen molar-refractivity contribution in [3.63, 3.8) is 0 Å². The van der Waals surface area contributed by atoms with E-state index in [1.54, 1.807) is 14.1 Å². The first kappa shape index (κ1) is 24.9. The van der Waals surface area contributed by atoms with Gasteiger partial charge in [0, 0.05) is 52.3 Å². The molecule has 0 aromatic heterocycles. The summed E-state index contributed by atoms with van der Waals surface area (Å²) in [6, 6.07) is 0.242. The number of piperidine rings is 1. The largest absolute Gasteiger partial charge is 0.376 e. The van der Waals surface area contributed by atoms with Gasteiger partial charge in [0.05, 0.1) is 6.10 Å². The molecule has 0 radical (unpaired) electrons. The molecule has 0 aromatic rings. The second kappa shape index (κ2) is 12.5. The van der Waals surface area contributed by atoms with Crippen LogP contribution in [0.1, 0.15) is 39.5 Å². The number of rotatable bonds is 6. The van der Waals surface area contributed by atoms with Gasteiger partial charge in [0.25, 0.3) is 0 Å². The molecule has 2 N–H and O–H groups in total. The summed E-state index contributed by atoms with van der Waals surface area (Å²) < 4.78 is 5.66. The third-order valence-electron chi connectivity index (χ3n) is 5.03. The number of aliphatic imine (C=N–C) groups is 1. The van der Waals surface area contributed by atoms with Crippen LogP contribution in [0.2, 0.25) is 0 Å². The quantitative estimate of drug-likeness (QED) is 0.318. The third kappa shape index (κ3) is 8.10. The number of carbonyl (C=O) groups is 2. The number of likely N-dealkylation sites (tertiary alicyclic amines) is 1. The summed E-state index contributed by atoms with van der Waals surface area (Å²) in [4.78, 5) is 31.9. The second-order valence-corrected chi connectivity index (χ2v) is 7.87. The molecule has 2 amide bonds. The van der Waals surface area contributed by atoms with Crippen LogP contribution in [0.4, 0.5) is 0 Å².